The zero-order valence-corrected chi connectivity index (χ0v) is 21.9. The van der Waals surface area contributed by atoms with Gasteiger partial charge in [0.15, 0.2) is 5.78 Å². The van der Waals surface area contributed by atoms with Crippen LogP contribution in [0.1, 0.15) is 62.8 Å². The molecule has 1 unspecified atom stereocenters. The number of anilines is 2. The third kappa shape index (κ3) is 7.23. The van der Waals surface area contributed by atoms with Gasteiger partial charge in [0.25, 0.3) is 5.91 Å². The lowest BCUT2D eigenvalue weighted by molar-refractivity contribution is -0.137. The number of halogens is 4. The maximum Gasteiger partial charge on any atom is 0.418 e. The van der Waals surface area contributed by atoms with Gasteiger partial charge in [-0.2, -0.15) is 13.2 Å². The van der Waals surface area contributed by atoms with E-state index in [1.54, 1.807) is 13.0 Å². The summed E-state index contributed by atoms with van der Waals surface area (Å²) in [6.07, 6.45) is 1.07. The molecular weight excluding hydrogens is 543 g/mol. The maximum atomic E-state index is 13.1. The Hall–Kier alpha value is -3.16. The van der Waals surface area contributed by atoms with Crippen molar-refractivity contribution in [1.82, 2.24) is 25.3 Å². The molecule has 1 fully saturated rings. The topological polar surface area (TPSA) is 122 Å². The van der Waals surface area contributed by atoms with E-state index in [2.05, 4.69) is 35.9 Å². The van der Waals surface area contributed by atoms with Gasteiger partial charge in [-0.3, -0.25) is 9.59 Å². The average molecular weight is 568 g/mol. The monoisotopic (exact) mass is 567 g/mol. The number of carbonyl (C=O) groups is 2. The van der Waals surface area contributed by atoms with Gasteiger partial charge in [-0.15, -0.1) is 11.3 Å². The number of hydrogen-bond donors (Lipinski definition) is 3. The first-order chi connectivity index (χ1) is 18.1. The van der Waals surface area contributed by atoms with E-state index in [9.17, 15) is 22.8 Å². The van der Waals surface area contributed by atoms with Crippen LogP contribution in [0, 0.1) is 5.92 Å². The van der Waals surface area contributed by atoms with Crippen LogP contribution in [0.25, 0.3) is 0 Å². The molecule has 0 bridgehead atoms. The van der Waals surface area contributed by atoms with Gasteiger partial charge in [-0.25, -0.2) is 19.9 Å². The molecule has 0 aromatic carbocycles. The smallest absolute Gasteiger partial charge is 0.370 e. The molecular formula is C24H25ClF3N7O2S. The lowest BCUT2D eigenvalue weighted by Crippen LogP contribution is -2.31. The van der Waals surface area contributed by atoms with E-state index in [0.29, 0.717) is 22.8 Å². The van der Waals surface area contributed by atoms with Crippen molar-refractivity contribution < 1.29 is 22.8 Å². The molecule has 0 radical (unpaired) electrons. The Morgan fingerprint density at radius 1 is 1.13 bits per heavy atom. The van der Waals surface area contributed by atoms with Gasteiger partial charge in [0.1, 0.15) is 28.5 Å². The predicted octanol–water partition coefficient (Wildman–Crippen LogP) is 5.04. The second-order valence-electron chi connectivity index (χ2n) is 8.96. The van der Waals surface area contributed by atoms with Crippen molar-refractivity contribution in [3.8, 4) is 0 Å². The molecule has 3 aromatic rings. The van der Waals surface area contributed by atoms with Crippen LogP contribution in [-0.4, -0.2) is 51.3 Å². The first-order valence-electron chi connectivity index (χ1n) is 11.9. The molecule has 0 spiro atoms. The Morgan fingerprint density at radius 2 is 1.89 bits per heavy atom. The Morgan fingerprint density at radius 3 is 2.63 bits per heavy atom. The molecule has 1 atom stereocenters. The second kappa shape index (κ2) is 12.1. The van der Waals surface area contributed by atoms with E-state index in [-0.39, 0.29) is 34.5 Å². The fourth-order valence-electron chi connectivity index (χ4n) is 3.93. The summed E-state index contributed by atoms with van der Waals surface area (Å²) >= 11 is 6.61. The average Bonchev–Trinajstić information content (AvgIpc) is 3.40. The number of alkyl halides is 3. The number of thiazole rings is 1. The Kier molecular flexibility index (Phi) is 8.90. The summed E-state index contributed by atoms with van der Waals surface area (Å²) < 4.78 is 39.2. The number of carbonyl (C=O) groups excluding carboxylic acids is 2. The number of piperidine rings is 1. The number of amides is 1. The van der Waals surface area contributed by atoms with Crippen LogP contribution in [0.15, 0.2) is 30.9 Å². The lowest BCUT2D eigenvalue weighted by Gasteiger charge is -2.22. The molecule has 202 valence electrons. The Balaban J connectivity index is 1.35. The quantitative estimate of drug-likeness (QED) is 0.307. The molecule has 1 aliphatic heterocycles. The largest absolute Gasteiger partial charge is 0.418 e. The van der Waals surface area contributed by atoms with Crippen LogP contribution < -0.4 is 16.0 Å². The minimum atomic E-state index is -4.69. The first kappa shape index (κ1) is 27.9. The van der Waals surface area contributed by atoms with Crippen LogP contribution in [-0.2, 0) is 6.18 Å². The van der Waals surface area contributed by atoms with Gasteiger partial charge in [0.2, 0.25) is 0 Å². The van der Waals surface area contributed by atoms with E-state index in [1.165, 1.54) is 12.5 Å². The molecule has 1 saturated heterocycles. The van der Waals surface area contributed by atoms with Gasteiger partial charge in [0, 0.05) is 31.1 Å². The minimum Gasteiger partial charge on any atom is -0.370 e. The fourth-order valence-corrected chi connectivity index (χ4v) is 5.01. The van der Waals surface area contributed by atoms with Crippen LogP contribution in [0.5, 0.6) is 0 Å². The van der Waals surface area contributed by atoms with Gasteiger partial charge >= 0.3 is 6.18 Å². The number of rotatable bonds is 9. The number of Topliss-reactive ketones (excluding diaryl/α,β-unsaturated/α-hetero) is 1. The number of aromatic nitrogens is 4. The van der Waals surface area contributed by atoms with E-state index in [4.69, 9.17) is 11.6 Å². The summed E-state index contributed by atoms with van der Waals surface area (Å²) in [6, 6.07) is 2.30. The van der Waals surface area contributed by atoms with Crippen molar-refractivity contribution in [3.05, 3.63) is 57.0 Å². The molecule has 0 saturated carbocycles. The summed E-state index contributed by atoms with van der Waals surface area (Å²) in [7, 11) is 0. The zero-order valence-electron chi connectivity index (χ0n) is 20.3. The van der Waals surface area contributed by atoms with Gasteiger partial charge in [0.05, 0.1) is 21.8 Å². The van der Waals surface area contributed by atoms with Gasteiger partial charge in [-0.05, 0) is 37.9 Å². The van der Waals surface area contributed by atoms with Gasteiger partial charge in [-0.1, -0.05) is 18.5 Å². The molecule has 9 nitrogen and oxygen atoms in total. The number of hydrogen-bond acceptors (Lipinski definition) is 9. The molecule has 4 heterocycles. The highest BCUT2D eigenvalue weighted by molar-refractivity contribution is 7.13. The Bertz CT molecular complexity index is 1300. The normalized spacial score (nSPS) is 15.2. The molecule has 38 heavy (non-hydrogen) atoms. The lowest BCUT2D eigenvalue weighted by atomic mass is 9.98. The SMILES string of the molecule is CC(CC(=O)c1cc(NCC2CCNCC2)ncn1)c1ncc(C(=O)Nc2cc(C(F)(F)F)c(Cl)cn2)s1. The minimum absolute atomic E-state index is 0.104. The molecule has 3 N–H and O–H groups in total. The highest BCUT2D eigenvalue weighted by atomic mass is 35.5. The first-order valence-corrected chi connectivity index (χ1v) is 13.1. The summed E-state index contributed by atoms with van der Waals surface area (Å²) in [6.45, 7) is 4.56. The highest BCUT2D eigenvalue weighted by Gasteiger charge is 2.34. The van der Waals surface area contributed by atoms with E-state index in [0.717, 1.165) is 50.0 Å². The van der Waals surface area contributed by atoms with E-state index in [1.807, 2.05) is 0 Å². The molecule has 1 amide bonds. The number of nitrogens with zero attached hydrogens (tertiary/aromatic N) is 4. The number of ketones is 1. The third-order valence-electron chi connectivity index (χ3n) is 6.05. The summed E-state index contributed by atoms with van der Waals surface area (Å²) in [5, 5.41) is 8.90. The molecule has 4 rings (SSSR count). The predicted molar refractivity (Wildman–Crippen MR) is 138 cm³/mol. The second-order valence-corrected chi connectivity index (χ2v) is 10.4. The van der Waals surface area contributed by atoms with Crippen LogP contribution >= 0.6 is 22.9 Å². The maximum absolute atomic E-state index is 13.1. The number of nitrogens with one attached hydrogen (secondary N) is 3. The summed E-state index contributed by atoms with van der Waals surface area (Å²) in [4.78, 5) is 41.9. The zero-order chi connectivity index (χ0) is 27.3. The van der Waals surface area contributed by atoms with Crippen molar-refractivity contribution in [2.24, 2.45) is 5.92 Å². The summed E-state index contributed by atoms with van der Waals surface area (Å²) in [5.74, 6) is -0.346. The van der Waals surface area contributed by atoms with Crippen molar-refractivity contribution in [1.29, 1.82) is 0 Å². The fraction of sp³-hybridized carbons (Fsp3) is 0.417. The van der Waals surface area contributed by atoms with Crippen LogP contribution in [0.3, 0.4) is 0 Å². The third-order valence-corrected chi connectivity index (χ3v) is 7.58. The molecule has 3 aromatic heterocycles. The number of pyridine rings is 1. The standard InChI is InChI=1S/C24H25ClF3N7O2S/c1-13(6-18(36)17-8-20(34-12-33-17)30-9-14-2-4-29-5-3-14)23-32-11-19(38-23)22(37)35-21-7-15(24(26,27)28)16(25)10-31-21/h7-8,10-14,29H,2-6,9H2,1H3,(H,30,33,34)(H,31,35,37). The van der Waals surface area contributed by atoms with E-state index < -0.39 is 22.7 Å². The van der Waals surface area contributed by atoms with Crippen LogP contribution in [0.4, 0.5) is 24.8 Å². The van der Waals surface area contributed by atoms with Crippen molar-refractivity contribution in [3.63, 3.8) is 0 Å². The molecule has 0 aliphatic carbocycles. The summed E-state index contributed by atoms with van der Waals surface area (Å²) in [5.41, 5.74) is -0.820. The molecule has 1 aliphatic rings. The van der Waals surface area contributed by atoms with Crippen molar-refractivity contribution in [2.75, 3.05) is 30.3 Å². The highest BCUT2D eigenvalue weighted by Crippen LogP contribution is 2.35. The Labute approximate surface area is 225 Å². The van der Waals surface area contributed by atoms with Gasteiger partial charge < -0.3 is 16.0 Å². The van der Waals surface area contributed by atoms with Crippen molar-refractivity contribution in [2.45, 2.75) is 38.3 Å². The van der Waals surface area contributed by atoms with Crippen molar-refractivity contribution >= 4 is 46.3 Å². The van der Waals surface area contributed by atoms with E-state index >= 15 is 0 Å². The van der Waals surface area contributed by atoms with Crippen LogP contribution in [0.2, 0.25) is 5.02 Å². The molecule has 14 heteroatoms.